The van der Waals surface area contributed by atoms with E-state index in [9.17, 15) is 23.3 Å². The van der Waals surface area contributed by atoms with E-state index in [0.29, 0.717) is 11.4 Å². The molecule has 1 amide bonds. The summed E-state index contributed by atoms with van der Waals surface area (Å²) in [4.78, 5) is 23.7. The maximum absolute atomic E-state index is 12.4. The first-order valence-corrected chi connectivity index (χ1v) is 11.0. The molecule has 2 aromatic carbocycles. The average Bonchev–Trinajstić information content (AvgIpc) is 3.03. The van der Waals surface area contributed by atoms with E-state index in [1.807, 2.05) is 0 Å². The zero-order valence-corrected chi connectivity index (χ0v) is 17.7. The van der Waals surface area contributed by atoms with Crippen molar-refractivity contribution in [1.82, 2.24) is 0 Å². The van der Waals surface area contributed by atoms with Crippen LogP contribution in [0.1, 0.15) is 6.42 Å². The van der Waals surface area contributed by atoms with Crippen LogP contribution in [0.25, 0.3) is 0 Å². The molecule has 0 radical (unpaired) electrons. The summed E-state index contributed by atoms with van der Waals surface area (Å²) in [5.74, 6) is 0.544. The molecule has 0 N–H and O–H groups in total. The van der Waals surface area contributed by atoms with Gasteiger partial charge in [0, 0.05) is 23.0 Å². The fraction of sp³-hybridized carbons (Fsp3) is 0.278. The Labute approximate surface area is 179 Å². The minimum absolute atomic E-state index is 0.107. The largest absolute Gasteiger partial charge is 0.489 e. The standard InChI is InChI=1S/C18H15BrN2O8S/c19-11-4-5-14-17(8-11)27-10-15-16(29-18(22)20(14)15)6-7-28-30(25,26)13-3-1-2-12(9-13)21(23)24/h1-5,8-9,15-16H,6-7,10H2/t15-,16?/m0/s1. The van der Waals surface area contributed by atoms with Crippen LogP contribution in [0.2, 0.25) is 0 Å². The predicted octanol–water partition coefficient (Wildman–Crippen LogP) is 3.24. The van der Waals surface area contributed by atoms with Crippen molar-refractivity contribution in [1.29, 1.82) is 0 Å². The summed E-state index contributed by atoms with van der Waals surface area (Å²) in [5, 5.41) is 10.8. The Morgan fingerprint density at radius 3 is 2.83 bits per heavy atom. The molecular weight excluding hydrogens is 484 g/mol. The van der Waals surface area contributed by atoms with Gasteiger partial charge in [-0.15, -0.1) is 0 Å². The zero-order chi connectivity index (χ0) is 21.5. The van der Waals surface area contributed by atoms with Gasteiger partial charge in [0.15, 0.2) is 0 Å². The fourth-order valence-electron chi connectivity index (χ4n) is 3.35. The van der Waals surface area contributed by atoms with Crippen LogP contribution in [0.3, 0.4) is 0 Å². The molecular formula is C18H15BrN2O8S. The number of nitro groups is 1. The summed E-state index contributed by atoms with van der Waals surface area (Å²) in [7, 11) is -4.20. The predicted molar refractivity (Wildman–Crippen MR) is 107 cm³/mol. The van der Waals surface area contributed by atoms with Crippen molar-refractivity contribution in [2.75, 3.05) is 18.1 Å². The molecule has 2 aliphatic heterocycles. The number of fused-ring (bicyclic) bond motifs is 3. The second-order valence-corrected chi connectivity index (χ2v) is 9.13. The summed E-state index contributed by atoms with van der Waals surface area (Å²) >= 11 is 3.35. The number of carbonyl (C=O) groups excluding carboxylic acids is 1. The number of nitrogens with zero attached hydrogens (tertiary/aromatic N) is 2. The average molecular weight is 499 g/mol. The van der Waals surface area contributed by atoms with Gasteiger partial charge in [0.25, 0.3) is 15.8 Å². The number of carbonyl (C=O) groups is 1. The normalized spacial score (nSPS) is 20.2. The molecule has 4 rings (SSSR count). The second-order valence-electron chi connectivity index (χ2n) is 6.60. The molecule has 10 nitrogen and oxygen atoms in total. The number of benzene rings is 2. The van der Waals surface area contributed by atoms with Gasteiger partial charge in [-0.05, 0) is 24.3 Å². The van der Waals surface area contributed by atoms with Gasteiger partial charge < -0.3 is 9.47 Å². The number of cyclic esters (lactones) is 1. The highest BCUT2D eigenvalue weighted by Crippen LogP contribution is 2.40. The Hall–Kier alpha value is -2.70. The maximum atomic E-state index is 12.4. The van der Waals surface area contributed by atoms with E-state index in [1.165, 1.54) is 23.1 Å². The van der Waals surface area contributed by atoms with E-state index in [-0.39, 0.29) is 30.2 Å². The van der Waals surface area contributed by atoms with Crippen molar-refractivity contribution in [2.45, 2.75) is 23.5 Å². The molecule has 2 atom stereocenters. The number of anilines is 1. The molecule has 158 valence electrons. The van der Waals surface area contributed by atoms with E-state index in [2.05, 4.69) is 15.9 Å². The van der Waals surface area contributed by atoms with Crippen LogP contribution in [0.5, 0.6) is 5.75 Å². The van der Waals surface area contributed by atoms with Crippen molar-refractivity contribution in [3.63, 3.8) is 0 Å². The zero-order valence-electron chi connectivity index (χ0n) is 15.3. The van der Waals surface area contributed by atoms with Crippen LogP contribution in [0, 0.1) is 10.1 Å². The molecule has 2 aromatic rings. The molecule has 30 heavy (non-hydrogen) atoms. The SMILES string of the molecule is O=C1OC(CCOS(=O)(=O)c2cccc([N+](=O)[O-])c2)[C@@H]2COc3cc(Br)ccc3N12. The summed E-state index contributed by atoms with van der Waals surface area (Å²) in [6, 6.07) is 9.43. The smallest absolute Gasteiger partial charge is 0.415 e. The first-order valence-electron chi connectivity index (χ1n) is 8.82. The van der Waals surface area contributed by atoms with Gasteiger partial charge in [-0.3, -0.25) is 19.2 Å². The number of hydrogen-bond donors (Lipinski definition) is 0. The Kier molecular flexibility index (Phi) is 5.38. The number of non-ortho nitro benzene ring substituents is 1. The van der Waals surface area contributed by atoms with Gasteiger partial charge in [-0.25, -0.2) is 4.79 Å². The van der Waals surface area contributed by atoms with Gasteiger partial charge in [0.2, 0.25) is 0 Å². The quantitative estimate of drug-likeness (QED) is 0.337. The Morgan fingerprint density at radius 1 is 1.27 bits per heavy atom. The monoisotopic (exact) mass is 498 g/mol. The molecule has 0 aliphatic carbocycles. The Balaban J connectivity index is 1.43. The van der Waals surface area contributed by atoms with Crippen LogP contribution < -0.4 is 9.64 Å². The highest BCUT2D eigenvalue weighted by Gasteiger charge is 2.46. The van der Waals surface area contributed by atoms with E-state index in [4.69, 9.17) is 13.7 Å². The van der Waals surface area contributed by atoms with E-state index in [0.717, 1.165) is 10.5 Å². The number of hydrogen-bond acceptors (Lipinski definition) is 8. The highest BCUT2D eigenvalue weighted by molar-refractivity contribution is 9.10. The Bertz CT molecular complexity index is 1120. The van der Waals surface area contributed by atoms with Crippen molar-refractivity contribution in [3.8, 4) is 5.75 Å². The number of halogens is 1. The summed E-state index contributed by atoms with van der Waals surface area (Å²) in [6.45, 7) is -0.0714. The number of nitro benzene ring substituents is 1. The summed E-state index contributed by atoms with van der Waals surface area (Å²) < 4.78 is 41.6. The van der Waals surface area contributed by atoms with Gasteiger partial charge in [-0.1, -0.05) is 22.0 Å². The van der Waals surface area contributed by atoms with Crippen LogP contribution in [-0.4, -0.2) is 44.8 Å². The minimum Gasteiger partial charge on any atom is -0.489 e. The third-order valence-electron chi connectivity index (χ3n) is 4.76. The van der Waals surface area contributed by atoms with Crippen molar-refractivity contribution >= 4 is 43.5 Å². The van der Waals surface area contributed by atoms with Crippen molar-refractivity contribution in [3.05, 3.63) is 57.1 Å². The second kappa shape index (κ2) is 7.85. The highest BCUT2D eigenvalue weighted by atomic mass is 79.9. The van der Waals surface area contributed by atoms with Crippen molar-refractivity contribution < 1.29 is 31.8 Å². The molecule has 12 heteroatoms. The summed E-state index contributed by atoms with van der Waals surface area (Å²) in [6.07, 6.45) is -1.07. The Morgan fingerprint density at radius 2 is 2.07 bits per heavy atom. The molecule has 1 unspecified atom stereocenters. The maximum Gasteiger partial charge on any atom is 0.415 e. The lowest BCUT2D eigenvalue weighted by atomic mass is 10.1. The van der Waals surface area contributed by atoms with Gasteiger partial charge in [-0.2, -0.15) is 8.42 Å². The molecule has 2 heterocycles. The van der Waals surface area contributed by atoms with Crippen LogP contribution >= 0.6 is 15.9 Å². The summed E-state index contributed by atoms with van der Waals surface area (Å²) in [5.41, 5.74) is 0.219. The van der Waals surface area contributed by atoms with Gasteiger partial charge in [0.1, 0.15) is 29.4 Å². The van der Waals surface area contributed by atoms with Crippen LogP contribution in [-0.2, 0) is 19.0 Å². The molecule has 0 spiro atoms. The lowest BCUT2D eigenvalue weighted by Crippen LogP contribution is -2.44. The van der Waals surface area contributed by atoms with E-state index >= 15 is 0 Å². The lowest BCUT2D eigenvalue weighted by molar-refractivity contribution is -0.385. The molecule has 0 bridgehead atoms. The molecule has 2 aliphatic rings. The first kappa shape index (κ1) is 20.6. The van der Waals surface area contributed by atoms with E-state index in [1.54, 1.807) is 18.2 Å². The van der Waals surface area contributed by atoms with Crippen LogP contribution in [0.4, 0.5) is 16.2 Å². The lowest BCUT2D eigenvalue weighted by Gasteiger charge is -2.31. The van der Waals surface area contributed by atoms with Crippen molar-refractivity contribution in [2.24, 2.45) is 0 Å². The molecule has 0 aromatic heterocycles. The molecule has 1 saturated heterocycles. The molecule has 0 saturated carbocycles. The van der Waals surface area contributed by atoms with Gasteiger partial charge >= 0.3 is 6.09 Å². The first-order chi connectivity index (χ1) is 14.3. The fourth-order valence-corrected chi connectivity index (χ4v) is 4.65. The van der Waals surface area contributed by atoms with Crippen LogP contribution in [0.15, 0.2) is 51.8 Å². The number of amides is 1. The number of ether oxygens (including phenoxy) is 2. The third-order valence-corrected chi connectivity index (χ3v) is 6.56. The number of rotatable bonds is 6. The third kappa shape index (κ3) is 3.85. The minimum atomic E-state index is -4.20. The van der Waals surface area contributed by atoms with E-state index < -0.39 is 33.3 Å². The topological polar surface area (TPSA) is 125 Å². The molecule has 1 fully saturated rings. The van der Waals surface area contributed by atoms with Gasteiger partial charge in [0.05, 0.1) is 17.2 Å².